The van der Waals surface area contributed by atoms with Crippen LogP contribution < -0.4 is 10.6 Å². The molecule has 0 radical (unpaired) electrons. The third-order valence-electron chi connectivity index (χ3n) is 4.94. The second-order valence-electron chi connectivity index (χ2n) is 7.52. The Balaban J connectivity index is 1.62. The van der Waals surface area contributed by atoms with E-state index in [9.17, 15) is 0 Å². The van der Waals surface area contributed by atoms with Gasteiger partial charge in [0.15, 0.2) is 5.96 Å². The van der Waals surface area contributed by atoms with Gasteiger partial charge in [-0.1, -0.05) is 29.3 Å². The number of likely N-dealkylation sites (tertiary alicyclic amines) is 1. The minimum Gasteiger partial charge on any atom is -0.377 e. The normalized spacial score (nSPS) is 16.6. The van der Waals surface area contributed by atoms with E-state index in [0.717, 1.165) is 75.0 Å². The predicted molar refractivity (Wildman–Crippen MR) is 120 cm³/mol. The van der Waals surface area contributed by atoms with Gasteiger partial charge in [-0.2, -0.15) is 0 Å². The van der Waals surface area contributed by atoms with Crippen LogP contribution in [0.3, 0.4) is 0 Å². The Morgan fingerprint density at radius 1 is 1.29 bits per heavy atom. The summed E-state index contributed by atoms with van der Waals surface area (Å²) in [7, 11) is 1.82. The molecule has 0 amide bonds. The number of aryl methyl sites for hydroxylation is 1. The lowest BCUT2D eigenvalue weighted by Gasteiger charge is -2.33. The second kappa shape index (κ2) is 12.5. The molecular formula is C21H34Cl2N4O. The summed E-state index contributed by atoms with van der Waals surface area (Å²) in [6.45, 7) is 9.06. The van der Waals surface area contributed by atoms with Crippen LogP contribution in [0.1, 0.15) is 38.7 Å². The Morgan fingerprint density at radius 3 is 2.68 bits per heavy atom. The Labute approximate surface area is 179 Å². The smallest absolute Gasteiger partial charge is 0.191 e. The summed E-state index contributed by atoms with van der Waals surface area (Å²) in [5, 5.41) is 8.38. The van der Waals surface area contributed by atoms with Gasteiger partial charge >= 0.3 is 0 Å². The average molecular weight is 429 g/mol. The topological polar surface area (TPSA) is 48.9 Å². The molecule has 0 aliphatic carbocycles. The lowest BCUT2D eigenvalue weighted by atomic mass is 10.1. The van der Waals surface area contributed by atoms with Gasteiger partial charge in [-0.3, -0.25) is 4.99 Å². The maximum Gasteiger partial charge on any atom is 0.191 e. The molecule has 0 atom stereocenters. The quantitative estimate of drug-likeness (QED) is 0.354. The maximum atomic E-state index is 6.23. The highest BCUT2D eigenvalue weighted by atomic mass is 35.5. The fraction of sp³-hybridized carbons (Fsp3) is 0.667. The van der Waals surface area contributed by atoms with Crippen molar-refractivity contribution < 1.29 is 4.74 Å². The summed E-state index contributed by atoms with van der Waals surface area (Å²) < 4.78 is 5.65. The van der Waals surface area contributed by atoms with Gasteiger partial charge in [-0.15, -0.1) is 0 Å². The van der Waals surface area contributed by atoms with Crippen molar-refractivity contribution in [3.05, 3.63) is 33.8 Å². The van der Waals surface area contributed by atoms with Crippen molar-refractivity contribution in [3.8, 4) is 0 Å². The summed E-state index contributed by atoms with van der Waals surface area (Å²) in [6.07, 6.45) is 4.46. The number of halogens is 2. The zero-order valence-corrected chi connectivity index (χ0v) is 18.8. The first kappa shape index (κ1) is 23.3. The van der Waals surface area contributed by atoms with Crippen LogP contribution in [0.15, 0.2) is 23.2 Å². The maximum absolute atomic E-state index is 6.23. The average Bonchev–Trinajstić information content (AvgIpc) is 2.66. The molecule has 2 N–H and O–H groups in total. The van der Waals surface area contributed by atoms with Gasteiger partial charge in [0.2, 0.25) is 0 Å². The fourth-order valence-corrected chi connectivity index (χ4v) is 3.82. The van der Waals surface area contributed by atoms with Gasteiger partial charge in [0.05, 0.1) is 12.7 Å². The molecule has 1 aromatic carbocycles. The van der Waals surface area contributed by atoms with Gasteiger partial charge < -0.3 is 20.3 Å². The number of ether oxygens (including phenoxy) is 1. The molecule has 1 aromatic rings. The van der Waals surface area contributed by atoms with E-state index in [0.29, 0.717) is 17.2 Å². The number of benzene rings is 1. The molecule has 28 heavy (non-hydrogen) atoms. The largest absolute Gasteiger partial charge is 0.377 e. The van der Waals surface area contributed by atoms with Crippen LogP contribution in [0.5, 0.6) is 0 Å². The number of hydrogen-bond acceptors (Lipinski definition) is 3. The van der Waals surface area contributed by atoms with Crippen molar-refractivity contribution in [2.75, 3.05) is 39.8 Å². The van der Waals surface area contributed by atoms with Gasteiger partial charge in [0, 0.05) is 49.3 Å². The molecule has 1 aliphatic rings. The third-order valence-corrected chi connectivity index (χ3v) is 5.53. The molecule has 0 bridgehead atoms. The first-order chi connectivity index (χ1) is 13.5. The number of guanidine groups is 1. The summed E-state index contributed by atoms with van der Waals surface area (Å²) in [6, 6.07) is 6.16. The standard InChI is InChI=1S/C21H34Cl2N4O/c1-16(2)28-14-13-27-11-8-19(9-12-27)26-21(24-3)25-10-4-5-17-6-7-18(22)15-20(17)23/h6-7,15-16,19H,4-5,8-14H2,1-3H3,(H2,24,25,26). The van der Waals surface area contributed by atoms with E-state index in [1.165, 1.54) is 0 Å². The number of rotatable bonds is 9. The minimum absolute atomic E-state index is 0.310. The number of piperidine rings is 1. The summed E-state index contributed by atoms with van der Waals surface area (Å²) >= 11 is 12.2. The lowest BCUT2D eigenvalue weighted by molar-refractivity contribution is 0.0532. The number of nitrogens with one attached hydrogen (secondary N) is 2. The second-order valence-corrected chi connectivity index (χ2v) is 8.36. The lowest BCUT2D eigenvalue weighted by Crippen LogP contribution is -2.49. The molecule has 2 rings (SSSR count). The predicted octanol–water partition coefficient (Wildman–Crippen LogP) is 3.98. The van der Waals surface area contributed by atoms with Crippen LogP contribution in [0.4, 0.5) is 0 Å². The van der Waals surface area contributed by atoms with Crippen molar-refractivity contribution in [3.63, 3.8) is 0 Å². The van der Waals surface area contributed by atoms with Gasteiger partial charge in [0.1, 0.15) is 0 Å². The molecule has 1 fully saturated rings. The monoisotopic (exact) mass is 428 g/mol. The molecule has 5 nitrogen and oxygen atoms in total. The summed E-state index contributed by atoms with van der Waals surface area (Å²) in [4.78, 5) is 6.84. The fourth-order valence-electron chi connectivity index (χ4n) is 3.32. The van der Waals surface area contributed by atoms with Crippen molar-refractivity contribution in [1.82, 2.24) is 15.5 Å². The number of hydrogen-bond donors (Lipinski definition) is 2. The number of aliphatic imine (C=N–C) groups is 1. The van der Waals surface area contributed by atoms with E-state index in [4.69, 9.17) is 27.9 Å². The Morgan fingerprint density at radius 2 is 2.04 bits per heavy atom. The van der Waals surface area contributed by atoms with E-state index < -0.39 is 0 Å². The first-order valence-corrected chi connectivity index (χ1v) is 11.0. The van der Waals surface area contributed by atoms with Crippen LogP contribution in [0, 0.1) is 0 Å². The molecule has 1 aliphatic heterocycles. The molecule has 0 spiro atoms. The Bertz CT molecular complexity index is 616. The Hall–Kier alpha value is -1.01. The highest BCUT2D eigenvalue weighted by Crippen LogP contribution is 2.21. The SMILES string of the molecule is CN=C(NCCCc1ccc(Cl)cc1Cl)NC1CCN(CCOC(C)C)CC1. The van der Waals surface area contributed by atoms with E-state index in [1.54, 1.807) is 6.07 Å². The van der Waals surface area contributed by atoms with Crippen molar-refractivity contribution in [2.24, 2.45) is 4.99 Å². The van der Waals surface area contributed by atoms with Crippen LogP contribution in [-0.4, -0.2) is 62.8 Å². The van der Waals surface area contributed by atoms with Crippen molar-refractivity contribution in [2.45, 2.75) is 51.7 Å². The van der Waals surface area contributed by atoms with Gasteiger partial charge in [-0.25, -0.2) is 0 Å². The first-order valence-electron chi connectivity index (χ1n) is 10.2. The van der Waals surface area contributed by atoms with Crippen LogP contribution in [0.2, 0.25) is 10.0 Å². The minimum atomic E-state index is 0.310. The van der Waals surface area contributed by atoms with Crippen LogP contribution >= 0.6 is 23.2 Å². The molecule has 0 saturated carbocycles. The van der Waals surface area contributed by atoms with Crippen molar-refractivity contribution in [1.29, 1.82) is 0 Å². The van der Waals surface area contributed by atoms with Crippen LogP contribution in [0.25, 0.3) is 0 Å². The van der Waals surface area contributed by atoms with Gasteiger partial charge in [0.25, 0.3) is 0 Å². The van der Waals surface area contributed by atoms with E-state index in [1.807, 2.05) is 19.2 Å². The zero-order valence-electron chi connectivity index (χ0n) is 17.3. The molecular weight excluding hydrogens is 395 g/mol. The number of nitrogens with zero attached hydrogens (tertiary/aromatic N) is 2. The molecule has 0 aromatic heterocycles. The summed E-state index contributed by atoms with van der Waals surface area (Å²) in [5.74, 6) is 0.879. The molecule has 1 saturated heterocycles. The molecule has 1 heterocycles. The van der Waals surface area contributed by atoms with Crippen molar-refractivity contribution >= 4 is 29.2 Å². The van der Waals surface area contributed by atoms with Gasteiger partial charge in [-0.05, 0) is 57.2 Å². The van der Waals surface area contributed by atoms with E-state index in [2.05, 4.69) is 34.4 Å². The summed E-state index contributed by atoms with van der Waals surface area (Å²) in [5.41, 5.74) is 1.13. The molecule has 158 valence electrons. The third kappa shape index (κ3) is 8.56. The van der Waals surface area contributed by atoms with E-state index in [-0.39, 0.29) is 0 Å². The molecule has 0 unspecified atom stereocenters. The highest BCUT2D eigenvalue weighted by molar-refractivity contribution is 6.35. The highest BCUT2D eigenvalue weighted by Gasteiger charge is 2.19. The molecule has 7 heteroatoms. The van der Waals surface area contributed by atoms with Crippen LogP contribution in [-0.2, 0) is 11.2 Å². The zero-order chi connectivity index (χ0) is 20.4. The van der Waals surface area contributed by atoms with E-state index >= 15 is 0 Å². The Kier molecular flexibility index (Phi) is 10.4.